The summed E-state index contributed by atoms with van der Waals surface area (Å²) in [6, 6.07) is 10.3. The molecule has 0 unspecified atom stereocenters. The van der Waals surface area contributed by atoms with Gasteiger partial charge in [0.1, 0.15) is 4.90 Å². The van der Waals surface area contributed by atoms with Crippen molar-refractivity contribution in [1.29, 1.82) is 0 Å². The minimum Gasteiger partial charge on any atom is -0.339 e. The van der Waals surface area contributed by atoms with Crippen LogP contribution in [-0.4, -0.2) is 61.8 Å². The minimum atomic E-state index is -3.72. The summed E-state index contributed by atoms with van der Waals surface area (Å²) in [4.78, 5) is 17.8. The van der Waals surface area contributed by atoms with Crippen LogP contribution in [0, 0.1) is 10.1 Å². The summed E-state index contributed by atoms with van der Waals surface area (Å²) < 4.78 is 29.4. The molecule has 0 radical (unpaired) electrons. The number of benzene rings is 1. The third-order valence-electron chi connectivity index (χ3n) is 5.06. The van der Waals surface area contributed by atoms with Gasteiger partial charge in [0.25, 0.3) is 10.0 Å². The zero-order valence-corrected chi connectivity index (χ0v) is 17.5. The minimum absolute atomic E-state index is 0.151. The van der Waals surface area contributed by atoms with Crippen LogP contribution in [0.25, 0.3) is 0 Å². The van der Waals surface area contributed by atoms with Gasteiger partial charge >= 0.3 is 5.00 Å². The maximum absolute atomic E-state index is 12.6. The van der Waals surface area contributed by atoms with Crippen LogP contribution in [0.15, 0.2) is 45.7 Å². The second kappa shape index (κ2) is 7.73. The van der Waals surface area contributed by atoms with Gasteiger partial charge in [-0.1, -0.05) is 23.5 Å². The first-order valence-corrected chi connectivity index (χ1v) is 11.6. The summed E-state index contributed by atoms with van der Waals surface area (Å²) in [5.41, 5.74) is 0.660. The van der Waals surface area contributed by atoms with E-state index in [0.29, 0.717) is 37.8 Å². The van der Waals surface area contributed by atoms with E-state index in [1.54, 1.807) is 18.2 Å². The highest BCUT2D eigenvalue weighted by molar-refractivity contribution is 7.90. The van der Waals surface area contributed by atoms with Gasteiger partial charge in [-0.15, -0.1) is 4.40 Å². The molecule has 0 bridgehead atoms. The Bertz CT molecular complexity index is 1060. The van der Waals surface area contributed by atoms with Crippen molar-refractivity contribution in [1.82, 2.24) is 9.80 Å². The summed E-state index contributed by atoms with van der Waals surface area (Å²) in [5.74, 6) is 0.470. The number of rotatable bonds is 4. The highest BCUT2D eigenvalue weighted by Crippen LogP contribution is 2.32. The monoisotopic (exact) mass is 435 g/mol. The summed E-state index contributed by atoms with van der Waals surface area (Å²) >= 11 is 1.19. The van der Waals surface area contributed by atoms with E-state index < -0.39 is 10.0 Å². The summed E-state index contributed by atoms with van der Waals surface area (Å²) in [7, 11) is -3.72. The van der Waals surface area contributed by atoms with Crippen LogP contribution in [-0.2, 0) is 16.6 Å². The van der Waals surface area contributed by atoms with E-state index in [2.05, 4.69) is 9.30 Å². The van der Waals surface area contributed by atoms with Crippen molar-refractivity contribution in [3.05, 3.63) is 51.4 Å². The number of sulfonamides is 1. The van der Waals surface area contributed by atoms with Gasteiger partial charge in [-0.25, -0.2) is 0 Å². The lowest BCUT2D eigenvalue weighted by atomic mass is 10.2. The fourth-order valence-corrected chi connectivity index (χ4v) is 5.71. The van der Waals surface area contributed by atoms with Gasteiger partial charge in [0, 0.05) is 50.2 Å². The standard InChI is InChI=1S/C18H21N5O4S2/c1-2-22-15-5-3-4-6-16(15)29(26,27)19-18(22)21-11-9-20(10-12-21)13-14-7-8-17(28-14)23(24)25/h3-8H,2,9-13H2,1H3. The predicted octanol–water partition coefficient (Wildman–Crippen LogP) is 2.36. The normalized spacial score (nSPS) is 19.0. The van der Waals surface area contributed by atoms with E-state index in [9.17, 15) is 18.5 Å². The van der Waals surface area contributed by atoms with E-state index >= 15 is 0 Å². The number of para-hydroxylation sites is 1. The Hall–Kier alpha value is -2.50. The van der Waals surface area contributed by atoms with Gasteiger partial charge in [0.2, 0.25) is 5.96 Å². The van der Waals surface area contributed by atoms with Gasteiger partial charge in [0.05, 0.1) is 10.6 Å². The highest BCUT2D eigenvalue weighted by atomic mass is 32.2. The maximum Gasteiger partial charge on any atom is 0.324 e. The van der Waals surface area contributed by atoms with E-state index in [1.807, 2.05) is 28.9 Å². The fourth-order valence-electron chi connectivity index (χ4n) is 3.63. The molecule has 1 aromatic carbocycles. The average molecular weight is 436 g/mol. The van der Waals surface area contributed by atoms with Crippen LogP contribution in [0.5, 0.6) is 0 Å². The number of fused-ring (bicyclic) bond motifs is 1. The smallest absolute Gasteiger partial charge is 0.324 e. The quantitative estimate of drug-likeness (QED) is 0.537. The van der Waals surface area contributed by atoms with Gasteiger partial charge in [0.15, 0.2) is 0 Å². The largest absolute Gasteiger partial charge is 0.339 e. The molecule has 154 valence electrons. The Kier molecular flexibility index (Phi) is 5.28. The zero-order chi connectivity index (χ0) is 20.6. The van der Waals surface area contributed by atoms with E-state index in [-0.39, 0.29) is 14.8 Å². The first-order chi connectivity index (χ1) is 13.9. The molecule has 2 aliphatic rings. The molecular formula is C18H21N5O4S2. The Balaban J connectivity index is 1.48. The van der Waals surface area contributed by atoms with Crippen molar-refractivity contribution in [3.63, 3.8) is 0 Å². The zero-order valence-electron chi connectivity index (χ0n) is 15.9. The number of anilines is 1. The molecule has 0 amide bonds. The lowest BCUT2D eigenvalue weighted by Gasteiger charge is -2.41. The van der Waals surface area contributed by atoms with Gasteiger partial charge in [-0.3, -0.25) is 15.0 Å². The maximum atomic E-state index is 12.6. The molecule has 9 nitrogen and oxygen atoms in total. The van der Waals surface area contributed by atoms with Crippen LogP contribution in [0.3, 0.4) is 0 Å². The number of nitrogens with zero attached hydrogens (tertiary/aromatic N) is 5. The van der Waals surface area contributed by atoms with Crippen molar-refractivity contribution in [2.45, 2.75) is 18.4 Å². The van der Waals surface area contributed by atoms with Crippen LogP contribution >= 0.6 is 11.3 Å². The van der Waals surface area contributed by atoms with Gasteiger partial charge < -0.3 is 9.80 Å². The molecule has 1 aromatic heterocycles. The second-order valence-electron chi connectivity index (χ2n) is 6.84. The first-order valence-electron chi connectivity index (χ1n) is 9.31. The molecule has 1 fully saturated rings. The summed E-state index contributed by atoms with van der Waals surface area (Å²) in [5, 5.41) is 11.0. The molecule has 0 spiro atoms. The number of piperazine rings is 1. The van der Waals surface area contributed by atoms with Crippen molar-refractivity contribution >= 4 is 38.0 Å². The van der Waals surface area contributed by atoms with Crippen LogP contribution in [0.4, 0.5) is 10.7 Å². The predicted molar refractivity (Wildman–Crippen MR) is 112 cm³/mol. The summed E-state index contributed by atoms with van der Waals surface area (Å²) in [6.07, 6.45) is 0. The van der Waals surface area contributed by atoms with Crippen molar-refractivity contribution in [3.8, 4) is 0 Å². The van der Waals surface area contributed by atoms with E-state index in [1.165, 1.54) is 17.4 Å². The van der Waals surface area contributed by atoms with E-state index in [0.717, 1.165) is 18.0 Å². The summed E-state index contributed by atoms with van der Waals surface area (Å²) in [6.45, 7) is 5.97. The van der Waals surface area contributed by atoms with Gasteiger partial charge in [-0.2, -0.15) is 8.42 Å². The molecule has 3 heterocycles. The SMILES string of the molecule is CCN1C(N2CCN(Cc3ccc([N+](=O)[O-])s3)CC2)=NS(=O)(=O)c2ccccc21. The fraction of sp³-hybridized carbons (Fsp3) is 0.389. The molecule has 0 atom stereocenters. The number of guanidine groups is 1. The number of thiophene rings is 1. The molecule has 11 heteroatoms. The first kappa shape index (κ1) is 19.8. The lowest BCUT2D eigenvalue weighted by Crippen LogP contribution is -2.54. The molecule has 29 heavy (non-hydrogen) atoms. The lowest BCUT2D eigenvalue weighted by molar-refractivity contribution is -0.380. The van der Waals surface area contributed by atoms with Crippen molar-refractivity contribution < 1.29 is 13.3 Å². The topological polar surface area (TPSA) is 99.4 Å². The second-order valence-corrected chi connectivity index (χ2v) is 9.56. The molecule has 1 saturated heterocycles. The molecule has 4 rings (SSSR count). The molecule has 2 aliphatic heterocycles. The Morgan fingerprint density at radius 1 is 1.14 bits per heavy atom. The van der Waals surface area contributed by atoms with Crippen LogP contribution in [0.2, 0.25) is 0 Å². The Labute approximate surface area is 173 Å². The van der Waals surface area contributed by atoms with Crippen LogP contribution < -0.4 is 4.90 Å². The van der Waals surface area contributed by atoms with Gasteiger partial charge in [-0.05, 0) is 25.1 Å². The molecule has 0 saturated carbocycles. The third-order valence-corrected chi connectivity index (χ3v) is 7.38. The average Bonchev–Trinajstić information content (AvgIpc) is 3.17. The van der Waals surface area contributed by atoms with Crippen molar-refractivity contribution in [2.24, 2.45) is 4.40 Å². The highest BCUT2D eigenvalue weighted by Gasteiger charge is 2.33. The third kappa shape index (κ3) is 3.85. The molecular weight excluding hydrogens is 414 g/mol. The van der Waals surface area contributed by atoms with E-state index in [4.69, 9.17) is 0 Å². The number of nitro groups is 1. The molecule has 0 aliphatic carbocycles. The number of hydrogen-bond donors (Lipinski definition) is 0. The van der Waals surface area contributed by atoms with Crippen LogP contribution in [0.1, 0.15) is 11.8 Å². The Morgan fingerprint density at radius 3 is 2.52 bits per heavy atom. The molecule has 0 N–H and O–H groups in total. The van der Waals surface area contributed by atoms with Crippen molar-refractivity contribution in [2.75, 3.05) is 37.6 Å². The molecule has 2 aromatic rings. The Morgan fingerprint density at radius 2 is 1.86 bits per heavy atom. The number of hydrogen-bond acceptors (Lipinski definition) is 8.